The molecule has 9 heteroatoms. The van der Waals surface area contributed by atoms with Crippen LogP contribution in [0.4, 0.5) is 5.00 Å². The molecule has 0 spiro atoms. The maximum atomic E-state index is 12.8. The van der Waals surface area contributed by atoms with Gasteiger partial charge < -0.3 is 20.2 Å². The topological polar surface area (TPSA) is 135 Å². The molecule has 3 N–H and O–H groups in total. The van der Waals surface area contributed by atoms with Gasteiger partial charge in [-0.3, -0.25) is 9.59 Å². The van der Waals surface area contributed by atoms with Crippen LogP contribution < -0.4 is 11.1 Å². The molecule has 0 bridgehead atoms. The van der Waals surface area contributed by atoms with Gasteiger partial charge in [0.1, 0.15) is 28.2 Å². The molecule has 0 saturated carbocycles. The molecule has 0 aliphatic heterocycles. The number of anilines is 1. The van der Waals surface area contributed by atoms with Crippen molar-refractivity contribution in [3.05, 3.63) is 69.3 Å². The Labute approximate surface area is 206 Å². The van der Waals surface area contributed by atoms with Crippen molar-refractivity contribution in [3.8, 4) is 17.4 Å². The lowest BCUT2D eigenvalue weighted by atomic mass is 9.95. The minimum atomic E-state index is -0.648. The number of nitrogens with one attached hydrogen (secondary N) is 1. The summed E-state index contributed by atoms with van der Waals surface area (Å²) in [7, 11) is 0. The first-order valence-corrected chi connectivity index (χ1v) is 12.0. The second kappa shape index (κ2) is 10.4. The average Bonchev–Trinajstić information content (AvgIpc) is 3.47. The van der Waals surface area contributed by atoms with Crippen LogP contribution in [0.1, 0.15) is 56.7 Å². The molecule has 0 unspecified atom stereocenters. The molecule has 35 heavy (non-hydrogen) atoms. The summed E-state index contributed by atoms with van der Waals surface area (Å²) in [6.45, 7) is 2.03. The van der Waals surface area contributed by atoms with E-state index in [-0.39, 0.29) is 5.57 Å². The number of furan rings is 1. The lowest BCUT2D eigenvalue weighted by Crippen LogP contribution is -2.19. The minimum Gasteiger partial charge on any atom is -0.462 e. The van der Waals surface area contributed by atoms with Gasteiger partial charge in [0.15, 0.2) is 0 Å². The van der Waals surface area contributed by atoms with Crippen molar-refractivity contribution in [2.75, 3.05) is 11.9 Å². The predicted molar refractivity (Wildman–Crippen MR) is 132 cm³/mol. The zero-order valence-electron chi connectivity index (χ0n) is 19.1. The number of rotatable bonds is 7. The summed E-state index contributed by atoms with van der Waals surface area (Å²) in [4.78, 5) is 37.7. The first-order chi connectivity index (χ1) is 16.9. The summed E-state index contributed by atoms with van der Waals surface area (Å²) in [6, 6.07) is 11.9. The number of thiophene rings is 1. The summed E-state index contributed by atoms with van der Waals surface area (Å²) in [5, 5.41) is 12.6. The Morgan fingerprint density at radius 2 is 1.91 bits per heavy atom. The quantitative estimate of drug-likeness (QED) is 0.280. The average molecular weight is 490 g/mol. The number of nitriles is 1. The summed E-state index contributed by atoms with van der Waals surface area (Å²) in [6.07, 6.45) is 4.91. The SMILES string of the molecule is CCOC(=O)c1ccc(-c2ccc(C=C(C#N)C(=O)Nc3sc4c(c3C(N)=O)CCCC4)o2)cc1. The molecule has 0 saturated heterocycles. The summed E-state index contributed by atoms with van der Waals surface area (Å²) in [5.41, 5.74) is 7.79. The van der Waals surface area contributed by atoms with Gasteiger partial charge in [-0.1, -0.05) is 12.1 Å². The molecule has 0 radical (unpaired) electrons. The van der Waals surface area contributed by atoms with E-state index in [4.69, 9.17) is 14.9 Å². The van der Waals surface area contributed by atoms with E-state index in [1.807, 2.05) is 6.07 Å². The van der Waals surface area contributed by atoms with Crippen LogP contribution in [0.15, 0.2) is 46.4 Å². The van der Waals surface area contributed by atoms with Crippen molar-refractivity contribution in [3.63, 3.8) is 0 Å². The molecule has 178 valence electrons. The second-order valence-electron chi connectivity index (χ2n) is 7.90. The standard InChI is InChI=1S/C26H23N3O5S/c1-2-33-26(32)16-9-7-15(8-10-16)20-12-11-18(34-20)13-17(14-27)24(31)29-25-22(23(28)30)19-5-3-4-6-21(19)35-25/h7-13H,2-6H2,1H3,(H2,28,30)(H,29,31). The molecule has 1 aromatic carbocycles. The van der Waals surface area contributed by atoms with E-state index < -0.39 is 17.8 Å². The van der Waals surface area contributed by atoms with Crippen molar-refractivity contribution >= 4 is 40.2 Å². The van der Waals surface area contributed by atoms with E-state index >= 15 is 0 Å². The summed E-state index contributed by atoms with van der Waals surface area (Å²) in [5.74, 6) is -0.830. The van der Waals surface area contributed by atoms with Crippen LogP contribution in [0.3, 0.4) is 0 Å². The lowest BCUT2D eigenvalue weighted by molar-refractivity contribution is -0.112. The Morgan fingerprint density at radius 3 is 2.60 bits per heavy atom. The molecule has 4 rings (SSSR count). The van der Waals surface area contributed by atoms with Crippen LogP contribution in [-0.4, -0.2) is 24.4 Å². The van der Waals surface area contributed by atoms with E-state index in [2.05, 4.69) is 5.32 Å². The van der Waals surface area contributed by atoms with Gasteiger partial charge in [-0.05, 0) is 62.4 Å². The van der Waals surface area contributed by atoms with Gasteiger partial charge in [0.05, 0.1) is 17.7 Å². The van der Waals surface area contributed by atoms with Crippen molar-refractivity contribution in [2.24, 2.45) is 5.73 Å². The maximum absolute atomic E-state index is 12.8. The molecule has 0 atom stereocenters. The largest absolute Gasteiger partial charge is 0.462 e. The van der Waals surface area contributed by atoms with Gasteiger partial charge in [0.25, 0.3) is 11.8 Å². The highest BCUT2D eigenvalue weighted by Gasteiger charge is 2.25. The fourth-order valence-electron chi connectivity index (χ4n) is 3.95. The number of aryl methyl sites for hydroxylation is 1. The highest BCUT2D eigenvalue weighted by molar-refractivity contribution is 7.17. The molecule has 8 nitrogen and oxygen atoms in total. The van der Waals surface area contributed by atoms with Crippen molar-refractivity contribution in [1.82, 2.24) is 0 Å². The normalized spacial score (nSPS) is 13.0. The Kier molecular flexibility index (Phi) is 7.13. The number of carbonyl (C=O) groups excluding carboxylic acids is 3. The number of nitrogens with two attached hydrogens (primary N) is 1. The third kappa shape index (κ3) is 5.18. The Balaban J connectivity index is 1.53. The van der Waals surface area contributed by atoms with Gasteiger partial charge in [0.2, 0.25) is 0 Å². The number of primary amides is 1. The summed E-state index contributed by atoms with van der Waals surface area (Å²) >= 11 is 1.33. The molecule has 2 aromatic heterocycles. The molecule has 2 heterocycles. The highest BCUT2D eigenvalue weighted by Crippen LogP contribution is 2.38. The Bertz CT molecular complexity index is 1360. The zero-order valence-corrected chi connectivity index (χ0v) is 19.9. The van der Waals surface area contributed by atoms with E-state index in [0.717, 1.165) is 41.7 Å². The number of ether oxygens (including phenoxy) is 1. The zero-order chi connectivity index (χ0) is 24.9. The maximum Gasteiger partial charge on any atom is 0.338 e. The number of fused-ring (bicyclic) bond motifs is 1. The smallest absolute Gasteiger partial charge is 0.338 e. The fourth-order valence-corrected chi connectivity index (χ4v) is 5.24. The number of carbonyl (C=O) groups is 3. The van der Waals surface area contributed by atoms with Gasteiger partial charge >= 0.3 is 5.97 Å². The number of hydrogen-bond donors (Lipinski definition) is 2. The molecule has 0 fully saturated rings. The number of esters is 1. The van der Waals surface area contributed by atoms with Gasteiger partial charge in [-0.2, -0.15) is 5.26 Å². The number of nitrogens with zero attached hydrogens (tertiary/aromatic N) is 1. The Morgan fingerprint density at radius 1 is 1.17 bits per heavy atom. The van der Waals surface area contributed by atoms with Crippen molar-refractivity contribution in [1.29, 1.82) is 5.26 Å². The molecule has 3 aromatic rings. The number of benzene rings is 1. The van der Waals surface area contributed by atoms with E-state index in [1.165, 1.54) is 17.4 Å². The third-order valence-corrected chi connectivity index (χ3v) is 6.81. The fraction of sp³-hybridized carbons (Fsp3) is 0.231. The first kappa shape index (κ1) is 24.0. The number of hydrogen-bond acceptors (Lipinski definition) is 7. The minimum absolute atomic E-state index is 0.176. The van der Waals surface area contributed by atoms with E-state index in [1.54, 1.807) is 43.3 Å². The first-order valence-electron chi connectivity index (χ1n) is 11.2. The molecular formula is C26H23N3O5S. The van der Waals surface area contributed by atoms with E-state index in [0.29, 0.717) is 34.3 Å². The molecule has 1 aliphatic rings. The monoisotopic (exact) mass is 489 g/mol. The van der Waals surface area contributed by atoms with Gasteiger partial charge in [0, 0.05) is 16.5 Å². The number of amides is 2. The van der Waals surface area contributed by atoms with Gasteiger partial charge in [-0.25, -0.2) is 4.79 Å². The second-order valence-corrected chi connectivity index (χ2v) is 9.01. The van der Waals surface area contributed by atoms with Crippen LogP contribution >= 0.6 is 11.3 Å². The van der Waals surface area contributed by atoms with Crippen LogP contribution in [-0.2, 0) is 22.4 Å². The van der Waals surface area contributed by atoms with Crippen molar-refractivity contribution in [2.45, 2.75) is 32.6 Å². The van der Waals surface area contributed by atoms with Gasteiger partial charge in [-0.15, -0.1) is 11.3 Å². The van der Waals surface area contributed by atoms with Crippen LogP contribution in [0.25, 0.3) is 17.4 Å². The van der Waals surface area contributed by atoms with Crippen LogP contribution in [0.2, 0.25) is 0 Å². The highest BCUT2D eigenvalue weighted by atomic mass is 32.1. The van der Waals surface area contributed by atoms with Crippen molar-refractivity contribution < 1.29 is 23.5 Å². The van der Waals surface area contributed by atoms with Crippen LogP contribution in [0.5, 0.6) is 0 Å². The van der Waals surface area contributed by atoms with Crippen LogP contribution in [0, 0.1) is 11.3 Å². The molecule has 2 amide bonds. The predicted octanol–water partition coefficient (Wildman–Crippen LogP) is 4.71. The lowest BCUT2D eigenvalue weighted by Gasteiger charge is -2.11. The Hall–Kier alpha value is -4.16. The third-order valence-electron chi connectivity index (χ3n) is 5.60. The molecular weight excluding hydrogens is 466 g/mol. The summed E-state index contributed by atoms with van der Waals surface area (Å²) < 4.78 is 10.8. The molecule has 1 aliphatic carbocycles. The van der Waals surface area contributed by atoms with E-state index in [9.17, 15) is 19.6 Å².